The number of allylic oxidation sites excluding steroid dienone is 4. The predicted octanol–water partition coefficient (Wildman–Crippen LogP) is 3.69. The lowest BCUT2D eigenvalue weighted by atomic mass is 10.2. The van der Waals surface area contributed by atoms with E-state index in [1.165, 1.54) is 15.9 Å². The summed E-state index contributed by atoms with van der Waals surface area (Å²) in [6, 6.07) is 1.93. The predicted molar refractivity (Wildman–Crippen MR) is 114 cm³/mol. The standard InChI is InChI=1S/C20H22N4O2S/c1-13(2)11-14(7-6-10-26-5)24-12-22-17-16-15(23(3)4)8-9-21-19(16)27-18(17)20(24)25/h6-9,11-12H,1,10H2,2-5H3/b7-6-,14-11+. The Hall–Kier alpha value is -2.77. The van der Waals surface area contributed by atoms with Gasteiger partial charge >= 0.3 is 0 Å². The number of methoxy groups -OCH3 is 1. The van der Waals surface area contributed by atoms with E-state index < -0.39 is 0 Å². The molecule has 6 nitrogen and oxygen atoms in total. The zero-order valence-electron chi connectivity index (χ0n) is 15.9. The molecule has 3 aromatic heterocycles. The van der Waals surface area contributed by atoms with Crippen molar-refractivity contribution in [3.8, 4) is 0 Å². The average Bonchev–Trinajstić information content (AvgIpc) is 3.01. The van der Waals surface area contributed by atoms with E-state index >= 15 is 0 Å². The van der Waals surface area contributed by atoms with Crippen molar-refractivity contribution in [3.63, 3.8) is 0 Å². The third-order valence-electron chi connectivity index (χ3n) is 3.97. The summed E-state index contributed by atoms with van der Waals surface area (Å²) >= 11 is 1.37. The van der Waals surface area contributed by atoms with Crippen LogP contribution in [-0.2, 0) is 4.74 Å². The van der Waals surface area contributed by atoms with Crippen molar-refractivity contribution in [2.75, 3.05) is 32.7 Å². The fraction of sp³-hybridized carbons (Fsp3) is 0.250. The van der Waals surface area contributed by atoms with Gasteiger partial charge in [0, 0.05) is 27.4 Å². The summed E-state index contributed by atoms with van der Waals surface area (Å²) < 4.78 is 7.18. The van der Waals surface area contributed by atoms with E-state index in [9.17, 15) is 4.79 Å². The van der Waals surface area contributed by atoms with E-state index in [2.05, 4.69) is 16.5 Å². The lowest BCUT2D eigenvalue weighted by Gasteiger charge is -2.13. The van der Waals surface area contributed by atoms with Crippen LogP contribution >= 0.6 is 11.3 Å². The molecular weight excluding hydrogens is 360 g/mol. The fourth-order valence-electron chi connectivity index (χ4n) is 2.81. The molecule has 140 valence electrons. The van der Waals surface area contributed by atoms with Gasteiger partial charge in [-0.15, -0.1) is 11.3 Å². The molecule has 27 heavy (non-hydrogen) atoms. The number of pyridine rings is 1. The second kappa shape index (κ2) is 7.85. The number of nitrogens with zero attached hydrogens (tertiary/aromatic N) is 4. The third kappa shape index (κ3) is 3.70. The average molecular weight is 382 g/mol. The topological polar surface area (TPSA) is 60.2 Å². The maximum atomic E-state index is 13.2. The van der Waals surface area contributed by atoms with Crippen LogP contribution in [0, 0.1) is 0 Å². The second-order valence-electron chi connectivity index (χ2n) is 6.38. The van der Waals surface area contributed by atoms with Gasteiger partial charge in [0.25, 0.3) is 5.56 Å². The first-order valence-corrected chi connectivity index (χ1v) is 9.25. The Bertz CT molecular complexity index is 1120. The van der Waals surface area contributed by atoms with Crippen LogP contribution < -0.4 is 10.5 Å². The molecular formula is C20H22N4O2S. The maximum absolute atomic E-state index is 13.2. The highest BCUT2D eigenvalue weighted by Crippen LogP contribution is 2.35. The quantitative estimate of drug-likeness (QED) is 0.609. The first-order valence-electron chi connectivity index (χ1n) is 8.43. The van der Waals surface area contributed by atoms with Gasteiger partial charge in [-0.25, -0.2) is 9.97 Å². The van der Waals surface area contributed by atoms with Gasteiger partial charge in [-0.2, -0.15) is 0 Å². The lowest BCUT2D eigenvalue weighted by molar-refractivity contribution is 0.234. The summed E-state index contributed by atoms with van der Waals surface area (Å²) in [6.45, 7) is 6.25. The molecule has 0 saturated heterocycles. The molecule has 0 aliphatic carbocycles. The molecule has 0 aliphatic rings. The van der Waals surface area contributed by atoms with Gasteiger partial charge in [0.05, 0.1) is 28.9 Å². The Balaban J connectivity index is 2.26. The molecule has 0 unspecified atom stereocenters. The molecule has 0 amide bonds. The van der Waals surface area contributed by atoms with Gasteiger partial charge in [-0.1, -0.05) is 18.2 Å². The van der Waals surface area contributed by atoms with Crippen molar-refractivity contribution in [1.29, 1.82) is 0 Å². The highest BCUT2D eigenvalue weighted by Gasteiger charge is 2.17. The van der Waals surface area contributed by atoms with Gasteiger partial charge in [0.1, 0.15) is 15.9 Å². The highest BCUT2D eigenvalue weighted by molar-refractivity contribution is 7.25. The van der Waals surface area contributed by atoms with Gasteiger partial charge in [0.15, 0.2) is 0 Å². The lowest BCUT2D eigenvalue weighted by Crippen LogP contribution is -2.18. The largest absolute Gasteiger partial charge is 0.381 e. The smallest absolute Gasteiger partial charge is 0.275 e. The van der Waals surface area contributed by atoms with Crippen molar-refractivity contribution in [2.45, 2.75) is 6.92 Å². The third-order valence-corrected chi connectivity index (χ3v) is 5.04. The Labute approximate surface area is 161 Å². The van der Waals surface area contributed by atoms with Crippen LogP contribution in [0.5, 0.6) is 0 Å². The fourth-order valence-corrected chi connectivity index (χ4v) is 3.86. The van der Waals surface area contributed by atoms with E-state index in [1.807, 2.05) is 50.2 Å². The highest BCUT2D eigenvalue weighted by atomic mass is 32.1. The minimum absolute atomic E-state index is 0.123. The van der Waals surface area contributed by atoms with Crippen molar-refractivity contribution in [3.05, 3.63) is 59.3 Å². The molecule has 3 heterocycles. The Morgan fingerprint density at radius 2 is 2.19 bits per heavy atom. The van der Waals surface area contributed by atoms with Crippen molar-refractivity contribution >= 4 is 43.2 Å². The monoisotopic (exact) mass is 382 g/mol. The first-order chi connectivity index (χ1) is 12.9. The minimum atomic E-state index is -0.123. The summed E-state index contributed by atoms with van der Waals surface area (Å²) in [5.41, 5.74) is 3.09. The number of ether oxygens (including phenoxy) is 1. The number of aromatic nitrogens is 3. The summed E-state index contributed by atoms with van der Waals surface area (Å²) in [5.74, 6) is 0. The molecule has 0 fully saturated rings. The van der Waals surface area contributed by atoms with Gasteiger partial charge < -0.3 is 9.64 Å². The van der Waals surface area contributed by atoms with Crippen LogP contribution in [0.2, 0.25) is 0 Å². The van der Waals surface area contributed by atoms with Crippen LogP contribution in [0.4, 0.5) is 5.69 Å². The van der Waals surface area contributed by atoms with Crippen molar-refractivity contribution in [1.82, 2.24) is 14.5 Å². The molecule has 3 aromatic rings. The summed E-state index contributed by atoms with van der Waals surface area (Å²) in [4.78, 5) is 25.0. The molecule has 0 atom stereocenters. The molecule has 0 N–H and O–H groups in total. The van der Waals surface area contributed by atoms with Gasteiger partial charge in [0.2, 0.25) is 0 Å². The minimum Gasteiger partial charge on any atom is -0.381 e. The van der Waals surface area contributed by atoms with E-state index in [1.54, 1.807) is 19.6 Å². The van der Waals surface area contributed by atoms with E-state index in [-0.39, 0.29) is 5.56 Å². The summed E-state index contributed by atoms with van der Waals surface area (Å²) in [7, 11) is 5.56. The van der Waals surface area contributed by atoms with Crippen LogP contribution in [0.15, 0.2) is 53.8 Å². The molecule has 0 radical (unpaired) electrons. The van der Waals surface area contributed by atoms with Crippen LogP contribution in [-0.4, -0.2) is 42.3 Å². The normalized spacial score (nSPS) is 12.4. The molecule has 3 rings (SSSR count). The Morgan fingerprint density at radius 1 is 1.41 bits per heavy atom. The Kier molecular flexibility index (Phi) is 5.53. The summed E-state index contributed by atoms with van der Waals surface area (Å²) in [5, 5.41) is 0.909. The number of thiophene rings is 1. The van der Waals surface area contributed by atoms with E-state index in [0.29, 0.717) is 22.5 Å². The SMILES string of the molecule is C=C(C)/C=C(\C=C/COC)n1cnc2c(sc3nccc(N(C)C)c32)c1=O. The maximum Gasteiger partial charge on any atom is 0.275 e. The molecule has 0 spiro atoms. The zero-order chi connectivity index (χ0) is 19.6. The first kappa shape index (κ1) is 19.0. The number of fused-ring (bicyclic) bond motifs is 3. The second-order valence-corrected chi connectivity index (χ2v) is 7.38. The molecule has 7 heteroatoms. The zero-order valence-corrected chi connectivity index (χ0v) is 16.7. The van der Waals surface area contributed by atoms with Crippen molar-refractivity contribution in [2.24, 2.45) is 0 Å². The number of rotatable bonds is 6. The number of hydrogen-bond acceptors (Lipinski definition) is 6. The number of hydrogen-bond donors (Lipinski definition) is 0. The molecule has 0 saturated carbocycles. The molecule has 0 aromatic carbocycles. The van der Waals surface area contributed by atoms with Crippen molar-refractivity contribution < 1.29 is 4.74 Å². The Morgan fingerprint density at radius 3 is 2.85 bits per heavy atom. The van der Waals surface area contributed by atoms with E-state index in [4.69, 9.17) is 4.74 Å². The van der Waals surface area contributed by atoms with Crippen LogP contribution in [0.3, 0.4) is 0 Å². The summed E-state index contributed by atoms with van der Waals surface area (Å²) in [6.07, 6.45) is 8.85. The van der Waals surface area contributed by atoms with E-state index in [0.717, 1.165) is 21.5 Å². The van der Waals surface area contributed by atoms with Crippen LogP contribution in [0.25, 0.3) is 26.1 Å². The number of anilines is 1. The van der Waals surface area contributed by atoms with Crippen LogP contribution in [0.1, 0.15) is 6.92 Å². The molecule has 0 aliphatic heterocycles. The molecule has 0 bridgehead atoms. The van der Waals surface area contributed by atoms with Gasteiger partial charge in [-0.3, -0.25) is 9.36 Å². The van der Waals surface area contributed by atoms with Gasteiger partial charge in [-0.05, 0) is 25.1 Å².